The van der Waals surface area contributed by atoms with E-state index in [-0.39, 0.29) is 11.4 Å². The Hall–Kier alpha value is -2.98. The van der Waals surface area contributed by atoms with E-state index in [1.54, 1.807) is 6.20 Å². The van der Waals surface area contributed by atoms with Crippen LogP contribution in [-0.2, 0) is 10.3 Å². The molecule has 3 N–H and O–H groups in total. The Morgan fingerprint density at radius 3 is 2.15 bits per heavy atom. The summed E-state index contributed by atoms with van der Waals surface area (Å²) >= 11 is 0. The number of amides is 1. The van der Waals surface area contributed by atoms with Gasteiger partial charge in [-0.05, 0) is 42.2 Å². The Kier molecular flexibility index (Phi) is 4.87. The predicted octanol–water partition coefficient (Wildman–Crippen LogP) is 4.57. The first kappa shape index (κ1) is 17.8. The topological polar surface area (TPSA) is 68.0 Å². The fourth-order valence-electron chi connectivity index (χ4n) is 2.87. The molecule has 0 spiro atoms. The summed E-state index contributed by atoms with van der Waals surface area (Å²) in [5.41, 5.74) is 11.0. The van der Waals surface area contributed by atoms with Crippen LogP contribution in [0, 0.1) is 0 Å². The lowest BCUT2D eigenvalue weighted by molar-refractivity contribution is -0.114. The number of benzene rings is 2. The van der Waals surface area contributed by atoms with Gasteiger partial charge >= 0.3 is 0 Å². The van der Waals surface area contributed by atoms with E-state index in [2.05, 4.69) is 22.4 Å². The molecule has 3 aromatic rings. The number of anilines is 1. The zero-order chi connectivity index (χ0) is 18.7. The maximum atomic E-state index is 11.4. The second kappa shape index (κ2) is 7.10. The van der Waals surface area contributed by atoms with E-state index in [4.69, 9.17) is 5.73 Å². The lowest BCUT2D eigenvalue weighted by atomic mass is 9.91. The summed E-state index contributed by atoms with van der Waals surface area (Å²) in [5.74, 6) is 0.401. The second-order valence-corrected chi connectivity index (χ2v) is 6.96. The van der Waals surface area contributed by atoms with E-state index in [0.717, 1.165) is 27.8 Å². The molecule has 0 saturated carbocycles. The van der Waals surface area contributed by atoms with E-state index in [1.165, 1.54) is 6.92 Å². The molecule has 0 fully saturated rings. The van der Waals surface area contributed by atoms with Crippen molar-refractivity contribution in [2.75, 3.05) is 5.32 Å². The minimum atomic E-state index is -0.381. The summed E-state index contributed by atoms with van der Waals surface area (Å²) in [6.45, 7) is 5.45. The lowest BCUT2D eigenvalue weighted by Gasteiger charge is -2.19. The molecule has 1 heterocycles. The normalized spacial score (nSPS) is 11.2. The molecular weight excluding hydrogens is 322 g/mol. The summed E-state index contributed by atoms with van der Waals surface area (Å²) in [7, 11) is 0. The van der Waals surface area contributed by atoms with E-state index in [0.29, 0.717) is 5.82 Å². The van der Waals surface area contributed by atoms with Gasteiger partial charge in [-0.25, -0.2) is 4.98 Å². The Morgan fingerprint density at radius 2 is 1.58 bits per heavy atom. The minimum absolute atomic E-state index is 0.140. The average molecular weight is 345 g/mol. The van der Waals surface area contributed by atoms with Gasteiger partial charge in [0.05, 0.1) is 0 Å². The number of carbonyl (C=O) groups is 1. The highest BCUT2D eigenvalue weighted by atomic mass is 16.1. The molecular formula is C22H23N3O. The van der Waals surface area contributed by atoms with Crippen molar-refractivity contribution >= 4 is 11.7 Å². The average Bonchev–Trinajstić information content (AvgIpc) is 2.61. The Morgan fingerprint density at radius 1 is 0.962 bits per heavy atom. The maximum absolute atomic E-state index is 11.4. The molecule has 0 aliphatic carbocycles. The van der Waals surface area contributed by atoms with Gasteiger partial charge in [0.25, 0.3) is 0 Å². The SMILES string of the molecule is CC(=O)Nc1cc(-c2ccccc2)c(-c2ccc(C(C)(C)N)cc2)cn1. The monoisotopic (exact) mass is 345 g/mol. The van der Waals surface area contributed by atoms with Crippen LogP contribution < -0.4 is 11.1 Å². The van der Waals surface area contributed by atoms with Crippen molar-refractivity contribution < 1.29 is 4.79 Å². The zero-order valence-electron chi connectivity index (χ0n) is 15.3. The molecule has 3 rings (SSSR count). The first-order valence-electron chi connectivity index (χ1n) is 8.57. The summed E-state index contributed by atoms with van der Waals surface area (Å²) < 4.78 is 0. The molecule has 132 valence electrons. The fourth-order valence-corrected chi connectivity index (χ4v) is 2.87. The van der Waals surface area contributed by atoms with Crippen molar-refractivity contribution in [1.29, 1.82) is 0 Å². The quantitative estimate of drug-likeness (QED) is 0.728. The third-order valence-electron chi connectivity index (χ3n) is 4.23. The van der Waals surface area contributed by atoms with Gasteiger partial charge in [-0.1, -0.05) is 54.6 Å². The van der Waals surface area contributed by atoms with Crippen LogP contribution in [0.2, 0.25) is 0 Å². The number of rotatable bonds is 4. The Labute approximate surface area is 154 Å². The van der Waals surface area contributed by atoms with Gasteiger partial charge in [0, 0.05) is 24.2 Å². The number of pyridine rings is 1. The summed E-state index contributed by atoms with van der Waals surface area (Å²) in [5, 5.41) is 2.76. The van der Waals surface area contributed by atoms with Gasteiger partial charge in [0.1, 0.15) is 5.82 Å². The van der Waals surface area contributed by atoms with Crippen LogP contribution in [0.1, 0.15) is 26.3 Å². The summed E-state index contributed by atoms with van der Waals surface area (Å²) in [6, 6.07) is 20.2. The number of hydrogen-bond acceptors (Lipinski definition) is 3. The molecule has 0 saturated heterocycles. The molecule has 4 nitrogen and oxygen atoms in total. The smallest absolute Gasteiger partial charge is 0.222 e. The third-order valence-corrected chi connectivity index (χ3v) is 4.23. The van der Waals surface area contributed by atoms with Crippen molar-refractivity contribution in [1.82, 2.24) is 4.98 Å². The Bertz CT molecular complexity index is 910. The van der Waals surface area contributed by atoms with Crippen molar-refractivity contribution in [3.05, 3.63) is 72.4 Å². The Balaban J connectivity index is 2.10. The number of nitrogens with one attached hydrogen (secondary N) is 1. The van der Waals surface area contributed by atoms with Crippen molar-refractivity contribution in [2.45, 2.75) is 26.3 Å². The van der Waals surface area contributed by atoms with Gasteiger partial charge in [0.2, 0.25) is 5.91 Å². The van der Waals surface area contributed by atoms with E-state index >= 15 is 0 Å². The molecule has 0 atom stereocenters. The number of carbonyl (C=O) groups excluding carboxylic acids is 1. The van der Waals surface area contributed by atoms with Gasteiger partial charge in [-0.2, -0.15) is 0 Å². The molecule has 0 bridgehead atoms. The fraction of sp³-hybridized carbons (Fsp3) is 0.182. The first-order valence-corrected chi connectivity index (χ1v) is 8.57. The first-order chi connectivity index (χ1) is 12.3. The van der Waals surface area contributed by atoms with Gasteiger partial charge in [0.15, 0.2) is 0 Å². The maximum Gasteiger partial charge on any atom is 0.222 e. The summed E-state index contributed by atoms with van der Waals surface area (Å²) in [4.78, 5) is 15.8. The molecule has 1 aromatic heterocycles. The zero-order valence-corrected chi connectivity index (χ0v) is 15.3. The molecule has 0 aliphatic rings. The van der Waals surface area contributed by atoms with Crippen LogP contribution >= 0.6 is 0 Å². The number of nitrogens with zero attached hydrogens (tertiary/aromatic N) is 1. The van der Waals surface area contributed by atoms with E-state index in [1.807, 2.05) is 62.4 Å². The van der Waals surface area contributed by atoms with Crippen LogP contribution in [0.15, 0.2) is 66.9 Å². The highest BCUT2D eigenvalue weighted by Gasteiger charge is 2.15. The standard InChI is InChI=1S/C22H23N3O/c1-15(26)25-21-13-19(16-7-5-4-6-8-16)20(14-24-21)17-9-11-18(12-10-17)22(2,3)23/h4-14H,23H2,1-3H3,(H,24,25,26). The molecule has 0 aliphatic heterocycles. The number of nitrogens with two attached hydrogens (primary N) is 1. The van der Waals surface area contributed by atoms with Crippen molar-refractivity contribution in [3.8, 4) is 22.3 Å². The molecule has 26 heavy (non-hydrogen) atoms. The molecule has 4 heteroatoms. The van der Waals surface area contributed by atoms with Crippen molar-refractivity contribution in [3.63, 3.8) is 0 Å². The molecule has 0 radical (unpaired) electrons. The second-order valence-electron chi connectivity index (χ2n) is 6.96. The highest BCUT2D eigenvalue weighted by molar-refractivity contribution is 5.90. The van der Waals surface area contributed by atoms with Gasteiger partial charge < -0.3 is 11.1 Å². The molecule has 2 aromatic carbocycles. The third kappa shape index (κ3) is 3.98. The largest absolute Gasteiger partial charge is 0.322 e. The van der Waals surface area contributed by atoms with Gasteiger partial charge in [-0.15, -0.1) is 0 Å². The number of aromatic nitrogens is 1. The highest BCUT2D eigenvalue weighted by Crippen LogP contribution is 2.34. The van der Waals surface area contributed by atoms with E-state index < -0.39 is 0 Å². The van der Waals surface area contributed by atoms with Crippen LogP contribution in [0.5, 0.6) is 0 Å². The predicted molar refractivity (Wildman–Crippen MR) is 107 cm³/mol. The molecule has 0 unspecified atom stereocenters. The van der Waals surface area contributed by atoms with Crippen LogP contribution in [-0.4, -0.2) is 10.9 Å². The molecule has 1 amide bonds. The number of hydrogen-bond donors (Lipinski definition) is 2. The van der Waals surface area contributed by atoms with Crippen LogP contribution in [0.25, 0.3) is 22.3 Å². The van der Waals surface area contributed by atoms with Crippen LogP contribution in [0.4, 0.5) is 5.82 Å². The van der Waals surface area contributed by atoms with Crippen LogP contribution in [0.3, 0.4) is 0 Å². The lowest BCUT2D eigenvalue weighted by Crippen LogP contribution is -2.28. The summed E-state index contributed by atoms with van der Waals surface area (Å²) in [6.07, 6.45) is 1.80. The minimum Gasteiger partial charge on any atom is -0.322 e. The van der Waals surface area contributed by atoms with Gasteiger partial charge in [-0.3, -0.25) is 4.79 Å². The van der Waals surface area contributed by atoms with Crippen molar-refractivity contribution in [2.24, 2.45) is 5.73 Å². The van der Waals surface area contributed by atoms with E-state index in [9.17, 15) is 4.79 Å².